The van der Waals surface area contributed by atoms with E-state index in [2.05, 4.69) is 49.6 Å². The largest absolute Gasteiger partial charge is 0.497 e. The Labute approximate surface area is 247 Å². The van der Waals surface area contributed by atoms with Crippen LogP contribution in [0.2, 0.25) is 0 Å². The van der Waals surface area contributed by atoms with Gasteiger partial charge in [-0.1, -0.05) is 24.3 Å². The Morgan fingerprint density at radius 2 is 1.50 bits per heavy atom. The van der Waals surface area contributed by atoms with Gasteiger partial charge < -0.3 is 29.6 Å². The number of carbonyl (C=O) groups excluding carboxylic acids is 1. The molecule has 7 nitrogen and oxygen atoms in total. The van der Waals surface area contributed by atoms with Gasteiger partial charge in [-0.05, 0) is 92.1 Å². The van der Waals surface area contributed by atoms with Crippen LogP contribution >= 0.6 is 0 Å². The fraction of sp³-hybridized carbons (Fsp3) is 0.229. The molecule has 0 saturated heterocycles. The van der Waals surface area contributed by atoms with Gasteiger partial charge in [0.1, 0.15) is 23.0 Å². The Balaban J connectivity index is 1.53. The van der Waals surface area contributed by atoms with E-state index >= 15 is 0 Å². The smallest absolute Gasteiger partial charge is 0.343 e. The number of hydrogen-bond donors (Lipinski definition) is 2. The van der Waals surface area contributed by atoms with Crippen molar-refractivity contribution in [3.8, 4) is 34.1 Å². The van der Waals surface area contributed by atoms with Crippen LogP contribution in [-0.4, -0.2) is 32.8 Å². The lowest BCUT2D eigenvalue weighted by Gasteiger charge is -2.33. The summed E-state index contributed by atoms with van der Waals surface area (Å²) in [6, 6.07) is 24.4. The molecule has 1 aliphatic heterocycles. The molecule has 5 rings (SSSR count). The van der Waals surface area contributed by atoms with Gasteiger partial charge in [0.25, 0.3) is 0 Å². The van der Waals surface area contributed by atoms with Crippen molar-refractivity contribution in [3.05, 3.63) is 102 Å². The summed E-state index contributed by atoms with van der Waals surface area (Å²) in [6.07, 6.45) is 2.25. The molecule has 0 radical (unpaired) electrons. The first-order valence-corrected chi connectivity index (χ1v) is 13.8. The summed E-state index contributed by atoms with van der Waals surface area (Å²) in [5.41, 5.74) is 7.58. The molecule has 0 unspecified atom stereocenters. The summed E-state index contributed by atoms with van der Waals surface area (Å²) < 4.78 is 22.3. The van der Waals surface area contributed by atoms with E-state index in [1.165, 1.54) is 5.57 Å². The predicted octanol–water partition coefficient (Wildman–Crippen LogP) is 7.82. The lowest BCUT2D eigenvalue weighted by atomic mass is 9.85. The highest BCUT2D eigenvalue weighted by atomic mass is 16.5. The minimum atomic E-state index is -0.461. The molecule has 216 valence electrons. The molecule has 4 aromatic carbocycles. The van der Waals surface area contributed by atoms with Crippen molar-refractivity contribution in [2.45, 2.75) is 32.9 Å². The first-order chi connectivity index (χ1) is 20.2. The first-order valence-electron chi connectivity index (χ1n) is 13.8. The maximum atomic E-state index is 12.8. The number of para-hydroxylation sites is 2. The first kappa shape index (κ1) is 28.6. The average molecular weight is 565 g/mol. The Hall–Kier alpha value is -4.91. The molecule has 0 fully saturated rings. The van der Waals surface area contributed by atoms with Crippen molar-refractivity contribution in [1.82, 2.24) is 0 Å². The van der Waals surface area contributed by atoms with E-state index in [1.54, 1.807) is 57.7 Å². The molecule has 0 aromatic heterocycles. The molecule has 0 amide bonds. The molecule has 7 heteroatoms. The minimum absolute atomic E-state index is 0.168. The third kappa shape index (κ3) is 5.91. The van der Waals surface area contributed by atoms with Crippen LogP contribution in [0.5, 0.6) is 23.0 Å². The number of hydrogen-bond acceptors (Lipinski definition) is 7. The van der Waals surface area contributed by atoms with Crippen LogP contribution in [0.3, 0.4) is 0 Å². The zero-order chi connectivity index (χ0) is 29.9. The monoisotopic (exact) mass is 564 g/mol. The average Bonchev–Trinajstić information content (AvgIpc) is 2.99. The third-order valence-electron chi connectivity index (χ3n) is 7.30. The fourth-order valence-corrected chi connectivity index (χ4v) is 5.46. The van der Waals surface area contributed by atoms with Crippen molar-refractivity contribution in [2.24, 2.45) is 0 Å². The zero-order valence-corrected chi connectivity index (χ0v) is 24.8. The number of benzene rings is 4. The van der Waals surface area contributed by atoms with Gasteiger partial charge in [0.05, 0.1) is 38.1 Å². The van der Waals surface area contributed by atoms with Gasteiger partial charge in [-0.3, -0.25) is 0 Å². The molecule has 1 aliphatic rings. The molecule has 4 aromatic rings. The summed E-state index contributed by atoms with van der Waals surface area (Å²) in [7, 11) is 4.87. The van der Waals surface area contributed by atoms with Crippen LogP contribution in [0.25, 0.3) is 16.7 Å². The summed E-state index contributed by atoms with van der Waals surface area (Å²) in [4.78, 5) is 12.8. The van der Waals surface area contributed by atoms with Gasteiger partial charge >= 0.3 is 5.97 Å². The standard InChI is InChI=1S/C35H36N2O5/c1-22-20-35(2,3)37-30-18-17-26(28(33(22)30)21-36-29-9-7-8-10-31(29)40-5)27-16-15-25(19-32(27)41-6)42-34(38)23-11-13-24(39-4)14-12-23/h7-20,36-37H,21H2,1-6H3. The maximum absolute atomic E-state index is 12.8. The van der Waals surface area contributed by atoms with Gasteiger partial charge in [-0.2, -0.15) is 0 Å². The highest BCUT2D eigenvalue weighted by Gasteiger charge is 2.27. The molecular weight excluding hydrogens is 528 g/mol. The SMILES string of the molecule is COc1ccc(C(=O)Oc2ccc(-c3ccc4c(c3CNc3ccccc3OC)C(C)=CC(C)(C)N4)c(OC)c2)cc1. The minimum Gasteiger partial charge on any atom is -0.497 e. The van der Waals surface area contributed by atoms with Crippen molar-refractivity contribution in [1.29, 1.82) is 0 Å². The van der Waals surface area contributed by atoms with Crippen molar-refractivity contribution >= 4 is 22.9 Å². The summed E-state index contributed by atoms with van der Waals surface area (Å²) in [5, 5.41) is 7.25. The van der Waals surface area contributed by atoms with Crippen molar-refractivity contribution < 1.29 is 23.7 Å². The van der Waals surface area contributed by atoms with Crippen molar-refractivity contribution in [2.75, 3.05) is 32.0 Å². The van der Waals surface area contributed by atoms with Gasteiger partial charge in [-0.15, -0.1) is 0 Å². The number of methoxy groups -OCH3 is 3. The third-order valence-corrected chi connectivity index (χ3v) is 7.30. The van der Waals surface area contributed by atoms with Crippen LogP contribution in [0.15, 0.2) is 84.9 Å². The highest BCUT2D eigenvalue weighted by molar-refractivity contribution is 5.92. The fourth-order valence-electron chi connectivity index (χ4n) is 5.46. The number of carbonyl (C=O) groups is 1. The second-order valence-electron chi connectivity index (χ2n) is 10.7. The van der Waals surface area contributed by atoms with E-state index in [4.69, 9.17) is 18.9 Å². The molecule has 0 bridgehead atoms. The van der Waals surface area contributed by atoms with Crippen molar-refractivity contribution in [3.63, 3.8) is 0 Å². The van der Waals surface area contributed by atoms with E-state index < -0.39 is 5.97 Å². The van der Waals surface area contributed by atoms with Crippen LogP contribution in [0, 0.1) is 0 Å². The van der Waals surface area contributed by atoms with E-state index in [9.17, 15) is 4.79 Å². The zero-order valence-electron chi connectivity index (χ0n) is 24.8. The highest BCUT2D eigenvalue weighted by Crippen LogP contribution is 2.43. The second-order valence-corrected chi connectivity index (χ2v) is 10.7. The lowest BCUT2D eigenvalue weighted by Crippen LogP contribution is -2.32. The number of fused-ring (bicyclic) bond motifs is 1. The molecule has 0 atom stereocenters. The molecule has 0 aliphatic carbocycles. The number of anilines is 2. The Bertz CT molecular complexity index is 1640. The van der Waals surface area contributed by atoms with Gasteiger partial charge in [-0.25, -0.2) is 4.79 Å². The molecule has 1 heterocycles. The summed E-state index contributed by atoms with van der Waals surface area (Å²) in [6.45, 7) is 7.02. The second kappa shape index (κ2) is 11.9. The van der Waals surface area contributed by atoms with Gasteiger partial charge in [0.15, 0.2) is 0 Å². The molecule has 42 heavy (non-hydrogen) atoms. The summed E-state index contributed by atoms with van der Waals surface area (Å²) >= 11 is 0. The maximum Gasteiger partial charge on any atom is 0.343 e. The van der Waals surface area contributed by atoms with Crippen LogP contribution < -0.4 is 29.6 Å². The van der Waals surface area contributed by atoms with E-state index in [1.807, 2.05) is 30.3 Å². The molecule has 2 N–H and O–H groups in total. The number of rotatable bonds is 9. The number of allylic oxidation sites excluding steroid dienone is 1. The Morgan fingerprint density at radius 3 is 2.21 bits per heavy atom. The Morgan fingerprint density at radius 1 is 0.810 bits per heavy atom. The van der Waals surface area contributed by atoms with E-state index in [-0.39, 0.29) is 5.54 Å². The normalized spacial score (nSPS) is 13.2. The number of esters is 1. The predicted molar refractivity (Wildman–Crippen MR) is 168 cm³/mol. The van der Waals surface area contributed by atoms with Crippen LogP contribution in [0.4, 0.5) is 11.4 Å². The number of ether oxygens (including phenoxy) is 4. The number of nitrogens with one attached hydrogen (secondary N) is 2. The molecular formula is C35H36N2O5. The van der Waals surface area contributed by atoms with Crippen LogP contribution in [0.1, 0.15) is 42.3 Å². The van der Waals surface area contributed by atoms with Crippen LogP contribution in [-0.2, 0) is 6.54 Å². The lowest BCUT2D eigenvalue weighted by molar-refractivity contribution is 0.0734. The summed E-state index contributed by atoms with van der Waals surface area (Å²) in [5.74, 6) is 1.97. The van der Waals surface area contributed by atoms with Gasteiger partial charge in [0, 0.05) is 29.4 Å². The quantitative estimate of drug-likeness (QED) is 0.159. The Kier molecular flexibility index (Phi) is 8.11. The molecule has 0 saturated carbocycles. The topological polar surface area (TPSA) is 78.1 Å². The van der Waals surface area contributed by atoms with Gasteiger partial charge in [0.2, 0.25) is 0 Å². The van der Waals surface area contributed by atoms with E-state index in [0.717, 1.165) is 39.4 Å². The molecule has 0 spiro atoms. The van der Waals surface area contributed by atoms with E-state index in [0.29, 0.717) is 29.4 Å².